The first-order chi connectivity index (χ1) is 5.45. The minimum absolute atomic E-state index is 0.677. The summed E-state index contributed by atoms with van der Waals surface area (Å²) < 4.78 is 21.3. The van der Waals surface area contributed by atoms with E-state index in [9.17, 15) is 0 Å². The molecule has 0 N–H and O–H groups in total. The van der Waals surface area contributed by atoms with E-state index >= 15 is 0 Å². The minimum Gasteiger partial charge on any atom is -0.331 e. The Morgan fingerprint density at radius 2 is 1.09 bits per heavy atom. The Morgan fingerprint density at radius 3 is 1.45 bits per heavy atom. The first kappa shape index (κ1) is 8.31. The van der Waals surface area contributed by atoms with Gasteiger partial charge in [0.1, 0.15) is 0 Å². The van der Waals surface area contributed by atoms with Crippen LogP contribution in [0.3, 0.4) is 0 Å². The van der Waals surface area contributed by atoms with Crippen molar-refractivity contribution in [3.8, 4) is 0 Å². The fraction of sp³-hybridized carbons (Fsp3) is 1.00. The molecule has 2 aliphatic heterocycles. The number of hydrogen-bond donors (Lipinski definition) is 0. The third-order valence-electron chi connectivity index (χ3n) is 1.34. The topological polar surface area (TPSA) is 36.9 Å². The van der Waals surface area contributed by atoms with E-state index in [1.165, 1.54) is 0 Å². The third kappa shape index (κ3) is 2.32. The number of rotatable bonds is 2. The lowest BCUT2D eigenvalue weighted by atomic mass is 10.8. The van der Waals surface area contributed by atoms with Crippen molar-refractivity contribution in [3.05, 3.63) is 0 Å². The van der Waals surface area contributed by atoms with Gasteiger partial charge in [-0.1, -0.05) is 0 Å². The van der Waals surface area contributed by atoms with Crippen molar-refractivity contribution in [1.29, 1.82) is 0 Å². The summed E-state index contributed by atoms with van der Waals surface area (Å²) >= 11 is 0. The second-order valence-corrected chi connectivity index (χ2v) is 5.63. The molecule has 0 spiro atoms. The van der Waals surface area contributed by atoms with Gasteiger partial charge in [0.05, 0.1) is 32.3 Å². The van der Waals surface area contributed by atoms with Crippen molar-refractivity contribution in [2.24, 2.45) is 0 Å². The Hall–Kier alpha value is 0.700. The monoisotopic (exact) mass is 196 g/mol. The fourth-order valence-corrected chi connectivity index (χ4v) is 4.21. The van der Waals surface area contributed by atoms with Crippen LogP contribution in [0.2, 0.25) is 0 Å². The lowest BCUT2D eigenvalue weighted by Gasteiger charge is -2.10. The highest BCUT2D eigenvalue weighted by molar-refractivity contribution is 7.65. The van der Waals surface area contributed by atoms with E-state index in [0.29, 0.717) is 0 Å². The quantitative estimate of drug-likeness (QED) is 0.629. The molecular formula is C5H10O4P2. The van der Waals surface area contributed by atoms with Gasteiger partial charge in [0.25, 0.3) is 0 Å². The van der Waals surface area contributed by atoms with Crippen LogP contribution in [0.25, 0.3) is 0 Å². The van der Waals surface area contributed by atoms with Crippen LogP contribution in [-0.4, -0.2) is 32.3 Å². The standard InChI is InChI=1S/C5H10O4P2/c1-2-7-10(6-1)5-11-8-3-4-9-11/h1-5H2. The summed E-state index contributed by atoms with van der Waals surface area (Å²) in [7, 11) is -1.35. The molecule has 0 amide bonds. The molecule has 2 heterocycles. The highest BCUT2D eigenvalue weighted by Crippen LogP contribution is 2.56. The molecule has 11 heavy (non-hydrogen) atoms. The van der Waals surface area contributed by atoms with Crippen LogP contribution in [0.5, 0.6) is 0 Å². The van der Waals surface area contributed by atoms with Crippen LogP contribution >= 0.6 is 16.8 Å². The first-order valence-corrected chi connectivity index (χ1v) is 6.24. The van der Waals surface area contributed by atoms with Crippen molar-refractivity contribution < 1.29 is 18.1 Å². The first-order valence-electron chi connectivity index (χ1n) is 3.52. The van der Waals surface area contributed by atoms with Gasteiger partial charge in [-0.05, 0) is 0 Å². The average Bonchev–Trinajstić information content (AvgIpc) is 2.60. The molecular weight excluding hydrogens is 186 g/mol. The van der Waals surface area contributed by atoms with Gasteiger partial charge in [0, 0.05) is 0 Å². The van der Waals surface area contributed by atoms with Crippen molar-refractivity contribution in [3.63, 3.8) is 0 Å². The Morgan fingerprint density at radius 1 is 0.727 bits per heavy atom. The zero-order chi connectivity index (χ0) is 7.52. The molecule has 0 aromatic rings. The van der Waals surface area contributed by atoms with Crippen LogP contribution in [0, 0.1) is 0 Å². The Balaban J connectivity index is 1.71. The average molecular weight is 196 g/mol. The molecule has 0 atom stereocenters. The Labute approximate surface area is 68.0 Å². The zero-order valence-electron chi connectivity index (χ0n) is 6.06. The molecule has 0 saturated carbocycles. The number of hydrogen-bond acceptors (Lipinski definition) is 4. The molecule has 0 unspecified atom stereocenters. The van der Waals surface area contributed by atoms with E-state index in [2.05, 4.69) is 0 Å². The predicted molar refractivity (Wildman–Crippen MR) is 42.5 cm³/mol. The molecule has 2 fully saturated rings. The van der Waals surface area contributed by atoms with E-state index in [1.807, 2.05) is 0 Å². The summed E-state index contributed by atoms with van der Waals surface area (Å²) in [5, 5.41) is 0. The summed E-state index contributed by atoms with van der Waals surface area (Å²) in [4.78, 5) is 0. The smallest absolute Gasteiger partial charge is 0.180 e. The van der Waals surface area contributed by atoms with Gasteiger partial charge >= 0.3 is 0 Å². The molecule has 2 saturated heterocycles. The Bertz CT molecular complexity index is 108. The maximum atomic E-state index is 5.31. The van der Waals surface area contributed by atoms with Gasteiger partial charge in [-0.25, -0.2) is 0 Å². The van der Waals surface area contributed by atoms with Crippen LogP contribution < -0.4 is 0 Å². The van der Waals surface area contributed by atoms with Crippen LogP contribution in [-0.2, 0) is 18.1 Å². The van der Waals surface area contributed by atoms with Gasteiger partial charge < -0.3 is 18.1 Å². The molecule has 4 nitrogen and oxygen atoms in total. The predicted octanol–water partition coefficient (Wildman–Crippen LogP) is 1.66. The zero-order valence-corrected chi connectivity index (χ0v) is 7.85. The van der Waals surface area contributed by atoms with Gasteiger partial charge in [0.2, 0.25) is 0 Å². The Kier molecular flexibility index (Phi) is 3.08. The second kappa shape index (κ2) is 4.08. The molecule has 0 bridgehead atoms. The maximum Gasteiger partial charge on any atom is 0.180 e. The molecule has 6 heteroatoms. The van der Waals surface area contributed by atoms with Crippen molar-refractivity contribution in [2.45, 2.75) is 0 Å². The normalized spacial score (nSPS) is 28.4. The van der Waals surface area contributed by atoms with E-state index in [1.54, 1.807) is 0 Å². The minimum atomic E-state index is -0.677. The third-order valence-corrected chi connectivity index (χ3v) is 5.07. The second-order valence-electron chi connectivity index (χ2n) is 2.14. The summed E-state index contributed by atoms with van der Waals surface area (Å²) in [5.41, 5.74) is 0. The van der Waals surface area contributed by atoms with Crippen LogP contribution in [0.15, 0.2) is 0 Å². The van der Waals surface area contributed by atoms with Crippen molar-refractivity contribution in [2.75, 3.05) is 32.3 Å². The summed E-state index contributed by atoms with van der Waals surface area (Å²) in [5.74, 6) is 0.824. The van der Waals surface area contributed by atoms with Crippen molar-refractivity contribution >= 4 is 16.8 Å². The molecule has 2 aliphatic rings. The van der Waals surface area contributed by atoms with E-state index in [-0.39, 0.29) is 0 Å². The van der Waals surface area contributed by atoms with Gasteiger partial charge in [-0.15, -0.1) is 0 Å². The molecule has 2 rings (SSSR count). The van der Waals surface area contributed by atoms with Gasteiger partial charge in [-0.2, -0.15) is 0 Å². The lowest BCUT2D eigenvalue weighted by Crippen LogP contribution is -1.82. The summed E-state index contributed by atoms with van der Waals surface area (Å²) in [6.07, 6.45) is 0. The fourth-order valence-electron chi connectivity index (χ4n) is 0.888. The van der Waals surface area contributed by atoms with E-state index < -0.39 is 16.8 Å². The highest BCUT2D eigenvalue weighted by Gasteiger charge is 2.26. The van der Waals surface area contributed by atoms with Gasteiger partial charge in [-0.3, -0.25) is 0 Å². The molecule has 0 aliphatic carbocycles. The van der Waals surface area contributed by atoms with Crippen molar-refractivity contribution in [1.82, 2.24) is 0 Å². The van der Waals surface area contributed by atoms with Gasteiger partial charge in [0.15, 0.2) is 16.8 Å². The molecule has 64 valence electrons. The summed E-state index contributed by atoms with van der Waals surface area (Å²) in [6, 6.07) is 0. The summed E-state index contributed by atoms with van der Waals surface area (Å²) in [6.45, 7) is 2.92. The largest absolute Gasteiger partial charge is 0.331 e. The lowest BCUT2D eigenvalue weighted by molar-refractivity contribution is 0.365. The van der Waals surface area contributed by atoms with Crippen LogP contribution in [0.1, 0.15) is 0 Å². The SMILES string of the molecule is C1COP(CP2OCCO2)O1. The highest BCUT2D eigenvalue weighted by atomic mass is 31.2. The molecule has 0 radical (unpaired) electrons. The van der Waals surface area contributed by atoms with Crippen LogP contribution in [0.4, 0.5) is 0 Å². The maximum absolute atomic E-state index is 5.31. The van der Waals surface area contributed by atoms with E-state index in [0.717, 1.165) is 32.3 Å². The molecule has 0 aromatic carbocycles. The van der Waals surface area contributed by atoms with E-state index in [4.69, 9.17) is 18.1 Å². The molecule has 0 aromatic heterocycles.